The van der Waals surface area contributed by atoms with Crippen molar-refractivity contribution >= 4 is 34.4 Å². The summed E-state index contributed by atoms with van der Waals surface area (Å²) in [5, 5.41) is 11.4. The maximum absolute atomic E-state index is 7.63. The Morgan fingerprint density at radius 2 is 2.14 bits per heavy atom. The first-order valence-corrected chi connectivity index (χ1v) is 7.61. The normalized spacial score (nSPS) is 16.7. The molecule has 2 N–H and O–H groups in total. The molecule has 3 heterocycles. The first-order chi connectivity index (χ1) is 10.8. The molecule has 0 spiro atoms. The van der Waals surface area contributed by atoms with E-state index in [0.717, 1.165) is 48.2 Å². The summed E-state index contributed by atoms with van der Waals surface area (Å²) >= 11 is 5.92. The number of fused-ring (bicyclic) bond motifs is 1. The van der Waals surface area contributed by atoms with Gasteiger partial charge >= 0.3 is 0 Å². The van der Waals surface area contributed by atoms with Gasteiger partial charge in [-0.2, -0.15) is 0 Å². The topological polar surface area (TPSA) is 70.9 Å². The quantitative estimate of drug-likeness (QED) is 0.672. The fourth-order valence-corrected chi connectivity index (χ4v) is 2.57. The van der Waals surface area contributed by atoms with Crippen LogP contribution in [0.1, 0.15) is 18.4 Å². The lowest BCUT2D eigenvalue weighted by Gasteiger charge is -2.22. The molecule has 1 aliphatic rings. The molecule has 0 amide bonds. The predicted octanol–water partition coefficient (Wildman–Crippen LogP) is 3.04. The Labute approximate surface area is 133 Å². The summed E-state index contributed by atoms with van der Waals surface area (Å²) in [6.07, 6.45) is 6.90. The van der Waals surface area contributed by atoms with Gasteiger partial charge in [0.1, 0.15) is 5.15 Å². The highest BCUT2D eigenvalue weighted by Gasteiger charge is 2.12. The van der Waals surface area contributed by atoms with Crippen LogP contribution in [-0.2, 0) is 4.74 Å². The van der Waals surface area contributed by atoms with Crippen molar-refractivity contribution in [2.24, 2.45) is 0 Å². The highest BCUT2D eigenvalue weighted by atomic mass is 35.5. The van der Waals surface area contributed by atoms with E-state index in [1.807, 2.05) is 18.3 Å². The fraction of sp³-hybridized carbons (Fsp3) is 0.312. The molecule has 114 valence electrons. The molecule has 22 heavy (non-hydrogen) atoms. The zero-order valence-electron chi connectivity index (χ0n) is 12.1. The molecule has 1 fully saturated rings. The summed E-state index contributed by atoms with van der Waals surface area (Å²) in [6.45, 7) is 1.57. The van der Waals surface area contributed by atoms with Gasteiger partial charge in [-0.25, -0.2) is 4.98 Å². The molecule has 0 atom stereocenters. The maximum Gasteiger partial charge on any atom is 0.129 e. The second-order valence-corrected chi connectivity index (χ2v) is 5.58. The Morgan fingerprint density at radius 1 is 1.32 bits per heavy atom. The van der Waals surface area contributed by atoms with Crippen LogP contribution in [-0.4, -0.2) is 35.4 Å². The lowest BCUT2D eigenvalue weighted by atomic mass is 10.1. The van der Waals surface area contributed by atoms with Gasteiger partial charge in [0.15, 0.2) is 0 Å². The van der Waals surface area contributed by atoms with Crippen LogP contribution in [0.4, 0.5) is 0 Å². The molecule has 0 saturated carbocycles. The van der Waals surface area contributed by atoms with Crippen LogP contribution in [0.3, 0.4) is 0 Å². The molecule has 1 aliphatic heterocycles. The lowest BCUT2D eigenvalue weighted by molar-refractivity contribution is 0.0812. The standard InChI is InChI=1S/C16H17ClN4O/c17-16-2-1-14-15(21-16)7-11(9-20-14)12(8-18)10-19-13-3-5-22-6-4-13/h1-2,7-10,13,18-19H,3-6H2/b12-10+,18-8?. The Balaban J connectivity index is 1.84. The van der Waals surface area contributed by atoms with Crippen molar-refractivity contribution in [3.63, 3.8) is 0 Å². The van der Waals surface area contributed by atoms with E-state index in [1.165, 1.54) is 6.21 Å². The average molecular weight is 317 g/mol. The van der Waals surface area contributed by atoms with Gasteiger partial charge in [-0.15, -0.1) is 0 Å². The SMILES string of the molecule is N=C/C(=C\NC1CCOCC1)c1cnc2ccc(Cl)nc2c1. The summed E-state index contributed by atoms with van der Waals surface area (Å²) in [7, 11) is 0. The molecule has 0 unspecified atom stereocenters. The molecular weight excluding hydrogens is 300 g/mol. The van der Waals surface area contributed by atoms with Gasteiger partial charge in [-0.05, 0) is 31.0 Å². The highest BCUT2D eigenvalue weighted by Crippen LogP contribution is 2.18. The van der Waals surface area contributed by atoms with Gasteiger partial charge in [0.05, 0.1) is 11.0 Å². The fourth-order valence-electron chi connectivity index (χ4n) is 2.42. The van der Waals surface area contributed by atoms with Crippen molar-refractivity contribution in [1.29, 1.82) is 5.41 Å². The molecule has 1 saturated heterocycles. The first-order valence-electron chi connectivity index (χ1n) is 7.23. The van der Waals surface area contributed by atoms with Crippen molar-refractivity contribution in [3.05, 3.63) is 41.3 Å². The maximum atomic E-state index is 7.63. The molecule has 0 radical (unpaired) electrons. The minimum Gasteiger partial charge on any atom is -0.387 e. The van der Waals surface area contributed by atoms with E-state index in [4.69, 9.17) is 21.7 Å². The number of halogens is 1. The number of rotatable bonds is 4. The number of allylic oxidation sites excluding steroid dienone is 1. The molecule has 3 rings (SSSR count). The van der Waals surface area contributed by atoms with E-state index in [2.05, 4.69) is 15.3 Å². The minimum atomic E-state index is 0.393. The van der Waals surface area contributed by atoms with Crippen LogP contribution in [0.2, 0.25) is 5.15 Å². The van der Waals surface area contributed by atoms with Gasteiger partial charge in [0.2, 0.25) is 0 Å². The predicted molar refractivity (Wildman–Crippen MR) is 88.3 cm³/mol. The van der Waals surface area contributed by atoms with Gasteiger partial charge in [0.25, 0.3) is 0 Å². The number of hydrogen-bond acceptors (Lipinski definition) is 5. The van der Waals surface area contributed by atoms with Gasteiger partial charge in [-0.3, -0.25) is 4.98 Å². The van der Waals surface area contributed by atoms with E-state index in [0.29, 0.717) is 11.2 Å². The Bertz CT molecular complexity index is 710. The molecular formula is C16H17ClN4O. The van der Waals surface area contributed by atoms with Crippen LogP contribution in [0.15, 0.2) is 30.6 Å². The number of nitrogens with one attached hydrogen (secondary N) is 2. The molecule has 2 aromatic rings. The van der Waals surface area contributed by atoms with E-state index in [1.54, 1.807) is 12.3 Å². The number of ether oxygens (including phenoxy) is 1. The van der Waals surface area contributed by atoms with Crippen LogP contribution in [0, 0.1) is 5.41 Å². The monoisotopic (exact) mass is 316 g/mol. The lowest BCUT2D eigenvalue weighted by Crippen LogP contribution is -2.31. The third-order valence-corrected chi connectivity index (χ3v) is 3.90. The molecule has 5 nitrogen and oxygen atoms in total. The summed E-state index contributed by atoms with van der Waals surface area (Å²) in [6, 6.07) is 5.85. The van der Waals surface area contributed by atoms with Crippen molar-refractivity contribution < 1.29 is 4.74 Å². The molecule has 0 aliphatic carbocycles. The van der Waals surface area contributed by atoms with Gasteiger partial charge in [-0.1, -0.05) is 11.6 Å². The molecule has 0 aromatic carbocycles. The number of pyridine rings is 2. The largest absolute Gasteiger partial charge is 0.387 e. The van der Waals surface area contributed by atoms with E-state index >= 15 is 0 Å². The third kappa shape index (κ3) is 3.43. The molecule has 6 heteroatoms. The zero-order valence-corrected chi connectivity index (χ0v) is 12.8. The average Bonchev–Trinajstić information content (AvgIpc) is 2.56. The van der Waals surface area contributed by atoms with Crippen LogP contribution in [0.25, 0.3) is 16.6 Å². The molecule has 0 bridgehead atoms. The summed E-state index contributed by atoms with van der Waals surface area (Å²) < 4.78 is 5.34. The van der Waals surface area contributed by atoms with Gasteiger partial charge < -0.3 is 15.5 Å². The summed E-state index contributed by atoms with van der Waals surface area (Å²) in [5.74, 6) is 0. The number of aromatic nitrogens is 2. The number of nitrogens with zero attached hydrogens (tertiary/aromatic N) is 2. The second kappa shape index (κ2) is 6.85. The van der Waals surface area contributed by atoms with Crippen LogP contribution < -0.4 is 5.32 Å². The van der Waals surface area contributed by atoms with Gasteiger partial charge in [0, 0.05) is 49.0 Å². The van der Waals surface area contributed by atoms with Crippen molar-refractivity contribution in [1.82, 2.24) is 15.3 Å². The van der Waals surface area contributed by atoms with E-state index in [9.17, 15) is 0 Å². The zero-order chi connectivity index (χ0) is 15.4. The number of hydrogen-bond donors (Lipinski definition) is 2. The summed E-state index contributed by atoms with van der Waals surface area (Å²) in [5.41, 5.74) is 3.12. The van der Waals surface area contributed by atoms with Crippen molar-refractivity contribution in [2.45, 2.75) is 18.9 Å². The first kappa shape index (κ1) is 14.9. The third-order valence-electron chi connectivity index (χ3n) is 3.69. The Kier molecular flexibility index (Phi) is 4.65. The smallest absolute Gasteiger partial charge is 0.129 e. The Morgan fingerprint density at radius 3 is 2.91 bits per heavy atom. The van der Waals surface area contributed by atoms with Crippen LogP contribution in [0.5, 0.6) is 0 Å². The summed E-state index contributed by atoms with van der Waals surface area (Å²) in [4.78, 5) is 8.64. The second-order valence-electron chi connectivity index (χ2n) is 5.19. The van der Waals surface area contributed by atoms with Crippen molar-refractivity contribution in [3.8, 4) is 0 Å². The molecule has 2 aromatic heterocycles. The van der Waals surface area contributed by atoms with E-state index in [-0.39, 0.29) is 0 Å². The Hall–Kier alpha value is -1.98. The highest BCUT2D eigenvalue weighted by molar-refractivity contribution is 6.29. The minimum absolute atomic E-state index is 0.393. The van der Waals surface area contributed by atoms with E-state index < -0.39 is 0 Å². The van der Waals surface area contributed by atoms with Crippen LogP contribution >= 0.6 is 11.6 Å². The van der Waals surface area contributed by atoms with Crippen molar-refractivity contribution in [2.75, 3.05) is 13.2 Å².